The van der Waals surface area contributed by atoms with E-state index in [9.17, 15) is 22.8 Å². The topological polar surface area (TPSA) is 46.6 Å². The van der Waals surface area contributed by atoms with Crippen molar-refractivity contribution in [3.8, 4) is 5.75 Å². The van der Waals surface area contributed by atoms with Gasteiger partial charge in [-0.05, 0) is 43.2 Å². The van der Waals surface area contributed by atoms with Crippen LogP contribution in [0.25, 0.3) is 0 Å². The van der Waals surface area contributed by atoms with E-state index in [1.54, 1.807) is 18.2 Å². The Bertz CT molecular complexity index is 1010. The average Bonchev–Trinajstić information content (AvgIpc) is 3.11. The van der Waals surface area contributed by atoms with Crippen LogP contribution in [0.4, 0.5) is 18.9 Å². The van der Waals surface area contributed by atoms with Crippen LogP contribution in [0.1, 0.15) is 40.7 Å². The number of carbonyl (C=O) groups excluding carboxylic acids is 2. The lowest BCUT2D eigenvalue weighted by molar-refractivity contribution is -0.137. The number of rotatable bonds is 5. The predicted octanol–water partition coefficient (Wildman–Crippen LogP) is 4.97. The fraction of sp³-hybridized carbons (Fsp3) is 0.304. The summed E-state index contributed by atoms with van der Waals surface area (Å²) in [6.07, 6.45) is -0.295. The number of hydrogen-bond donors (Lipinski definition) is 0. The minimum absolute atomic E-state index is 0.00758. The fourth-order valence-corrected chi connectivity index (χ4v) is 3.74. The molecular formula is C23H20F3NO3. The highest BCUT2D eigenvalue weighted by atomic mass is 19.4. The van der Waals surface area contributed by atoms with Gasteiger partial charge in [-0.25, -0.2) is 0 Å². The number of ether oxygens (including phenoxy) is 1. The molecule has 0 unspecified atom stereocenters. The quantitative estimate of drug-likeness (QED) is 0.300. The second-order valence-corrected chi connectivity index (χ2v) is 7.50. The molecule has 0 saturated heterocycles. The molecule has 0 amide bonds. The monoisotopic (exact) mass is 415 g/mol. The zero-order valence-corrected chi connectivity index (χ0v) is 16.2. The van der Waals surface area contributed by atoms with Gasteiger partial charge in [-0.1, -0.05) is 23.8 Å². The molecule has 0 atom stereocenters. The summed E-state index contributed by atoms with van der Waals surface area (Å²) in [6.45, 7) is 1.30. The predicted molar refractivity (Wildman–Crippen MR) is 106 cm³/mol. The van der Waals surface area contributed by atoms with Gasteiger partial charge in [0, 0.05) is 36.3 Å². The highest BCUT2D eigenvalue weighted by Crippen LogP contribution is 2.31. The SMILES string of the molecule is O=C1Cc2ccc(C(=O)CCC3=CCN(c4ccc(C(F)(F)F)cc4)CC3)cc2O1. The number of ketones is 1. The van der Waals surface area contributed by atoms with E-state index in [2.05, 4.69) is 0 Å². The Labute approximate surface area is 171 Å². The molecule has 30 heavy (non-hydrogen) atoms. The molecule has 0 N–H and O–H groups in total. The molecule has 2 aromatic rings. The number of hydrogen-bond acceptors (Lipinski definition) is 4. The molecule has 0 aliphatic carbocycles. The Morgan fingerprint density at radius 3 is 2.53 bits per heavy atom. The maximum Gasteiger partial charge on any atom is 0.416 e. The standard InChI is InChI=1S/C23H20F3NO3/c24-23(25,26)18-4-6-19(7-5-18)27-11-9-15(10-12-27)1-8-20(28)16-2-3-17-14-22(29)30-21(17)13-16/h2-7,9,13H,1,8,10-12,14H2. The van der Waals surface area contributed by atoms with Crippen molar-refractivity contribution < 1.29 is 27.5 Å². The van der Waals surface area contributed by atoms with Crippen LogP contribution in [0, 0.1) is 0 Å². The second kappa shape index (κ2) is 7.97. The largest absolute Gasteiger partial charge is 0.426 e. The molecule has 2 aliphatic heterocycles. The van der Waals surface area contributed by atoms with Crippen molar-refractivity contribution in [1.29, 1.82) is 0 Å². The third kappa shape index (κ3) is 4.40. The van der Waals surface area contributed by atoms with E-state index in [1.807, 2.05) is 11.0 Å². The van der Waals surface area contributed by atoms with Gasteiger partial charge in [0.15, 0.2) is 5.78 Å². The Morgan fingerprint density at radius 1 is 1.10 bits per heavy atom. The van der Waals surface area contributed by atoms with Crippen molar-refractivity contribution in [3.05, 3.63) is 70.8 Å². The third-order valence-corrected chi connectivity index (χ3v) is 5.48. The summed E-state index contributed by atoms with van der Waals surface area (Å²) < 4.78 is 43.2. The zero-order chi connectivity index (χ0) is 21.3. The van der Waals surface area contributed by atoms with E-state index >= 15 is 0 Å². The molecule has 0 bridgehead atoms. The first kappa shape index (κ1) is 20.2. The van der Waals surface area contributed by atoms with E-state index in [1.165, 1.54) is 17.7 Å². The number of nitrogens with zero attached hydrogens (tertiary/aromatic N) is 1. The number of benzene rings is 2. The Hall–Kier alpha value is -3.09. The van der Waals surface area contributed by atoms with Crippen molar-refractivity contribution in [1.82, 2.24) is 0 Å². The lowest BCUT2D eigenvalue weighted by Gasteiger charge is -2.28. The molecule has 0 saturated carbocycles. The van der Waals surface area contributed by atoms with E-state index in [4.69, 9.17) is 4.74 Å². The van der Waals surface area contributed by atoms with Gasteiger partial charge < -0.3 is 9.64 Å². The molecule has 2 aliphatic rings. The molecule has 2 heterocycles. The second-order valence-electron chi connectivity index (χ2n) is 7.50. The minimum atomic E-state index is -4.33. The molecule has 0 radical (unpaired) electrons. The number of carbonyl (C=O) groups is 2. The third-order valence-electron chi connectivity index (χ3n) is 5.48. The van der Waals surface area contributed by atoms with Crippen LogP contribution in [0.15, 0.2) is 54.1 Å². The highest BCUT2D eigenvalue weighted by molar-refractivity contribution is 5.97. The molecule has 7 heteroatoms. The lowest BCUT2D eigenvalue weighted by atomic mass is 9.97. The molecule has 4 nitrogen and oxygen atoms in total. The summed E-state index contributed by atoms with van der Waals surface area (Å²) in [5.74, 6) is 0.154. The Balaban J connectivity index is 1.32. The number of Topliss-reactive ketones (excluding diaryl/α,β-unsaturated/α-hetero) is 1. The summed E-state index contributed by atoms with van der Waals surface area (Å²) in [7, 11) is 0. The van der Waals surface area contributed by atoms with Gasteiger partial charge in [-0.2, -0.15) is 13.2 Å². The zero-order valence-electron chi connectivity index (χ0n) is 16.2. The van der Waals surface area contributed by atoms with Gasteiger partial charge in [-0.15, -0.1) is 0 Å². The van der Waals surface area contributed by atoms with Crippen LogP contribution in [0.2, 0.25) is 0 Å². The minimum Gasteiger partial charge on any atom is -0.426 e. The Kier molecular flexibility index (Phi) is 5.37. The summed E-state index contributed by atoms with van der Waals surface area (Å²) in [5.41, 5.74) is 2.60. The summed E-state index contributed by atoms with van der Waals surface area (Å²) in [5, 5.41) is 0. The number of esters is 1. The van der Waals surface area contributed by atoms with Gasteiger partial charge in [0.1, 0.15) is 5.75 Å². The lowest BCUT2D eigenvalue weighted by Crippen LogP contribution is -2.28. The maximum absolute atomic E-state index is 12.7. The van der Waals surface area contributed by atoms with Crippen molar-refractivity contribution in [2.24, 2.45) is 0 Å². The normalized spacial score (nSPS) is 16.2. The van der Waals surface area contributed by atoms with Gasteiger partial charge >= 0.3 is 12.1 Å². The van der Waals surface area contributed by atoms with Crippen molar-refractivity contribution in [3.63, 3.8) is 0 Å². The maximum atomic E-state index is 12.7. The fourth-order valence-electron chi connectivity index (χ4n) is 3.74. The van der Waals surface area contributed by atoms with E-state index < -0.39 is 11.7 Å². The average molecular weight is 415 g/mol. The van der Waals surface area contributed by atoms with E-state index in [0.29, 0.717) is 37.2 Å². The van der Waals surface area contributed by atoms with Crippen LogP contribution >= 0.6 is 0 Å². The van der Waals surface area contributed by atoms with Crippen molar-refractivity contribution in [2.45, 2.75) is 31.9 Å². The number of anilines is 1. The molecule has 0 fully saturated rings. The summed E-state index contributed by atoms with van der Waals surface area (Å²) in [6, 6.07) is 10.3. The number of fused-ring (bicyclic) bond motifs is 1. The van der Waals surface area contributed by atoms with Crippen molar-refractivity contribution >= 4 is 17.4 Å². The van der Waals surface area contributed by atoms with E-state index in [0.717, 1.165) is 29.8 Å². The first-order valence-corrected chi connectivity index (χ1v) is 9.76. The van der Waals surface area contributed by atoms with Crippen molar-refractivity contribution in [2.75, 3.05) is 18.0 Å². The number of halogens is 3. The first-order chi connectivity index (χ1) is 14.3. The van der Waals surface area contributed by atoms with Gasteiger partial charge in [0.05, 0.1) is 12.0 Å². The van der Waals surface area contributed by atoms with Crippen LogP contribution in [0.3, 0.4) is 0 Å². The molecule has 2 aromatic carbocycles. The molecule has 156 valence electrons. The summed E-state index contributed by atoms with van der Waals surface area (Å²) in [4.78, 5) is 25.8. The summed E-state index contributed by atoms with van der Waals surface area (Å²) >= 11 is 0. The highest BCUT2D eigenvalue weighted by Gasteiger charge is 2.30. The van der Waals surface area contributed by atoms with Gasteiger partial charge in [0.2, 0.25) is 0 Å². The smallest absolute Gasteiger partial charge is 0.416 e. The van der Waals surface area contributed by atoms with Crippen LogP contribution in [-0.4, -0.2) is 24.8 Å². The first-order valence-electron chi connectivity index (χ1n) is 9.76. The number of alkyl halides is 3. The van der Waals surface area contributed by atoms with Crippen LogP contribution < -0.4 is 9.64 Å². The van der Waals surface area contributed by atoms with E-state index in [-0.39, 0.29) is 18.2 Å². The van der Waals surface area contributed by atoms with Crippen LogP contribution in [0.5, 0.6) is 5.75 Å². The van der Waals surface area contributed by atoms with Gasteiger partial charge in [0.25, 0.3) is 0 Å². The molecule has 4 rings (SSSR count). The molecule has 0 spiro atoms. The molecular weight excluding hydrogens is 395 g/mol. The van der Waals surface area contributed by atoms with Gasteiger partial charge in [-0.3, -0.25) is 9.59 Å². The van der Waals surface area contributed by atoms with Crippen LogP contribution in [-0.2, 0) is 17.4 Å². The Morgan fingerprint density at radius 2 is 1.87 bits per heavy atom. The molecule has 0 aromatic heterocycles.